The van der Waals surface area contributed by atoms with Gasteiger partial charge in [-0.3, -0.25) is 4.79 Å². The Hall–Kier alpha value is -1.42. The molecule has 2 N–H and O–H groups in total. The highest BCUT2D eigenvalue weighted by atomic mass is 19.1. The van der Waals surface area contributed by atoms with Gasteiger partial charge < -0.3 is 10.6 Å². The van der Waals surface area contributed by atoms with Gasteiger partial charge in [0.15, 0.2) is 0 Å². The summed E-state index contributed by atoms with van der Waals surface area (Å²) in [5, 5.41) is 6.11. The summed E-state index contributed by atoms with van der Waals surface area (Å²) in [6.07, 6.45) is 2.25. The Balaban J connectivity index is 1.92. The predicted molar refractivity (Wildman–Crippen MR) is 69.1 cm³/mol. The van der Waals surface area contributed by atoms with E-state index in [0.717, 1.165) is 31.5 Å². The van der Waals surface area contributed by atoms with Gasteiger partial charge in [-0.1, -0.05) is 11.6 Å². The highest BCUT2D eigenvalue weighted by Crippen LogP contribution is 2.11. The minimum atomic E-state index is -0.458. The molecular formula is C14H19FN2O. The molecule has 18 heavy (non-hydrogen) atoms. The van der Waals surface area contributed by atoms with E-state index in [9.17, 15) is 9.18 Å². The Morgan fingerprint density at radius 2 is 2.39 bits per heavy atom. The fourth-order valence-electron chi connectivity index (χ4n) is 2.24. The summed E-state index contributed by atoms with van der Waals surface area (Å²) in [6.45, 7) is 4.44. The van der Waals surface area contributed by atoms with Crippen molar-refractivity contribution >= 4 is 5.91 Å². The van der Waals surface area contributed by atoms with Crippen LogP contribution in [0.25, 0.3) is 0 Å². The van der Waals surface area contributed by atoms with Gasteiger partial charge in [-0.2, -0.15) is 0 Å². The van der Waals surface area contributed by atoms with E-state index in [2.05, 4.69) is 10.6 Å². The monoisotopic (exact) mass is 250 g/mol. The molecule has 0 saturated carbocycles. The summed E-state index contributed by atoms with van der Waals surface area (Å²) in [5.74, 6) is -0.322. The van der Waals surface area contributed by atoms with Gasteiger partial charge in [-0.15, -0.1) is 0 Å². The maximum absolute atomic E-state index is 13.5. The second-order valence-electron chi connectivity index (χ2n) is 4.91. The molecule has 0 spiro atoms. The Labute approximate surface area is 107 Å². The minimum Gasteiger partial charge on any atom is -0.352 e. The number of benzene rings is 1. The molecule has 1 heterocycles. The van der Waals surface area contributed by atoms with E-state index in [1.807, 2.05) is 6.92 Å². The van der Waals surface area contributed by atoms with Crippen LogP contribution in [0.2, 0.25) is 0 Å². The van der Waals surface area contributed by atoms with Crippen molar-refractivity contribution in [2.24, 2.45) is 5.92 Å². The third-order valence-corrected chi connectivity index (χ3v) is 3.32. The second kappa shape index (κ2) is 5.96. The van der Waals surface area contributed by atoms with Gasteiger partial charge in [0.2, 0.25) is 0 Å². The van der Waals surface area contributed by atoms with E-state index in [4.69, 9.17) is 0 Å². The molecule has 1 fully saturated rings. The van der Waals surface area contributed by atoms with Gasteiger partial charge in [-0.25, -0.2) is 4.39 Å². The molecule has 1 aromatic rings. The number of hydrogen-bond donors (Lipinski definition) is 2. The lowest BCUT2D eigenvalue weighted by molar-refractivity contribution is 0.0940. The van der Waals surface area contributed by atoms with E-state index < -0.39 is 5.82 Å². The van der Waals surface area contributed by atoms with Gasteiger partial charge in [-0.05, 0) is 50.9 Å². The Morgan fingerprint density at radius 3 is 3.11 bits per heavy atom. The average Bonchev–Trinajstić information content (AvgIpc) is 2.40. The van der Waals surface area contributed by atoms with Gasteiger partial charge in [0.05, 0.1) is 5.56 Å². The normalized spacial score (nSPS) is 19.6. The molecule has 2 rings (SSSR count). The summed E-state index contributed by atoms with van der Waals surface area (Å²) >= 11 is 0. The first-order valence-corrected chi connectivity index (χ1v) is 6.42. The smallest absolute Gasteiger partial charge is 0.254 e. The fourth-order valence-corrected chi connectivity index (χ4v) is 2.24. The standard InChI is InChI=1S/C14H19FN2O/c1-10-4-5-13(15)12(7-10)14(18)17-9-11-3-2-6-16-8-11/h4-5,7,11,16H,2-3,6,8-9H2,1H3,(H,17,18). The Kier molecular flexibility index (Phi) is 4.31. The zero-order chi connectivity index (χ0) is 13.0. The lowest BCUT2D eigenvalue weighted by atomic mass is 9.99. The maximum atomic E-state index is 13.5. The SMILES string of the molecule is Cc1ccc(F)c(C(=O)NCC2CCCNC2)c1. The number of amides is 1. The second-order valence-corrected chi connectivity index (χ2v) is 4.91. The molecule has 1 aromatic carbocycles. The molecule has 0 aliphatic carbocycles. The minimum absolute atomic E-state index is 0.138. The maximum Gasteiger partial charge on any atom is 0.254 e. The first-order valence-electron chi connectivity index (χ1n) is 6.42. The van der Waals surface area contributed by atoms with Crippen molar-refractivity contribution in [3.63, 3.8) is 0 Å². The van der Waals surface area contributed by atoms with Crippen LogP contribution in [-0.2, 0) is 0 Å². The van der Waals surface area contributed by atoms with Crippen LogP contribution in [0, 0.1) is 18.7 Å². The van der Waals surface area contributed by atoms with E-state index in [-0.39, 0.29) is 11.5 Å². The van der Waals surface area contributed by atoms with Crippen LogP contribution in [0.5, 0.6) is 0 Å². The average molecular weight is 250 g/mol. The highest BCUT2D eigenvalue weighted by molar-refractivity contribution is 5.94. The van der Waals surface area contributed by atoms with Crippen molar-refractivity contribution < 1.29 is 9.18 Å². The van der Waals surface area contributed by atoms with Crippen LogP contribution in [0.3, 0.4) is 0 Å². The lowest BCUT2D eigenvalue weighted by Gasteiger charge is -2.22. The van der Waals surface area contributed by atoms with E-state index in [1.54, 1.807) is 12.1 Å². The van der Waals surface area contributed by atoms with E-state index in [1.165, 1.54) is 6.07 Å². The molecule has 1 atom stereocenters. The lowest BCUT2D eigenvalue weighted by Crippen LogP contribution is -2.38. The van der Waals surface area contributed by atoms with Crippen molar-refractivity contribution in [2.45, 2.75) is 19.8 Å². The molecule has 0 aromatic heterocycles. The largest absolute Gasteiger partial charge is 0.352 e. The van der Waals surface area contributed by atoms with Crippen LogP contribution in [0.15, 0.2) is 18.2 Å². The third-order valence-electron chi connectivity index (χ3n) is 3.32. The molecule has 4 heteroatoms. The van der Waals surface area contributed by atoms with E-state index in [0.29, 0.717) is 12.5 Å². The topological polar surface area (TPSA) is 41.1 Å². The molecule has 3 nitrogen and oxygen atoms in total. The van der Waals surface area contributed by atoms with E-state index >= 15 is 0 Å². The predicted octanol–water partition coefficient (Wildman–Crippen LogP) is 1.86. The molecular weight excluding hydrogens is 231 g/mol. The van der Waals surface area contributed by atoms with Crippen LogP contribution in [-0.4, -0.2) is 25.5 Å². The number of hydrogen-bond acceptors (Lipinski definition) is 2. The Morgan fingerprint density at radius 1 is 1.56 bits per heavy atom. The number of nitrogens with one attached hydrogen (secondary N) is 2. The number of rotatable bonds is 3. The first-order chi connectivity index (χ1) is 8.66. The summed E-state index contributed by atoms with van der Waals surface area (Å²) < 4.78 is 13.5. The van der Waals surface area contributed by atoms with Crippen molar-refractivity contribution in [1.82, 2.24) is 10.6 Å². The van der Waals surface area contributed by atoms with Crippen LogP contribution >= 0.6 is 0 Å². The number of aryl methyl sites for hydroxylation is 1. The fraction of sp³-hybridized carbons (Fsp3) is 0.500. The zero-order valence-corrected chi connectivity index (χ0v) is 10.6. The molecule has 0 radical (unpaired) electrons. The molecule has 1 amide bonds. The van der Waals surface area contributed by atoms with Crippen molar-refractivity contribution in [3.05, 3.63) is 35.1 Å². The number of carbonyl (C=O) groups is 1. The van der Waals surface area contributed by atoms with Crippen LogP contribution in [0.1, 0.15) is 28.8 Å². The van der Waals surface area contributed by atoms with Crippen LogP contribution in [0.4, 0.5) is 4.39 Å². The number of piperidine rings is 1. The molecule has 0 bridgehead atoms. The zero-order valence-electron chi connectivity index (χ0n) is 10.6. The molecule has 1 aliphatic rings. The van der Waals surface area contributed by atoms with Crippen LogP contribution < -0.4 is 10.6 Å². The molecule has 1 saturated heterocycles. The Bertz CT molecular complexity index is 428. The molecule has 1 aliphatic heterocycles. The molecule has 1 unspecified atom stereocenters. The summed E-state index contributed by atoms with van der Waals surface area (Å²) in [6, 6.07) is 4.59. The van der Waals surface area contributed by atoms with Gasteiger partial charge in [0.1, 0.15) is 5.82 Å². The third kappa shape index (κ3) is 3.29. The quantitative estimate of drug-likeness (QED) is 0.859. The van der Waals surface area contributed by atoms with Gasteiger partial charge >= 0.3 is 0 Å². The number of carbonyl (C=O) groups excluding carboxylic acids is 1. The summed E-state index contributed by atoms with van der Waals surface area (Å²) in [4.78, 5) is 11.9. The highest BCUT2D eigenvalue weighted by Gasteiger charge is 2.16. The van der Waals surface area contributed by atoms with Gasteiger partial charge in [0.25, 0.3) is 5.91 Å². The van der Waals surface area contributed by atoms with Crippen molar-refractivity contribution in [2.75, 3.05) is 19.6 Å². The molecule has 98 valence electrons. The van der Waals surface area contributed by atoms with Crippen molar-refractivity contribution in [3.8, 4) is 0 Å². The number of halogens is 1. The summed E-state index contributed by atoms with van der Waals surface area (Å²) in [5.41, 5.74) is 1.03. The van der Waals surface area contributed by atoms with Gasteiger partial charge in [0, 0.05) is 6.54 Å². The first kappa shape index (κ1) is 13.0. The summed E-state index contributed by atoms with van der Waals surface area (Å²) in [7, 11) is 0. The van der Waals surface area contributed by atoms with Crippen molar-refractivity contribution in [1.29, 1.82) is 0 Å².